The molecule has 0 bridgehead atoms. The quantitative estimate of drug-likeness (QED) is 0.877. The number of anilines is 1. The lowest BCUT2D eigenvalue weighted by molar-refractivity contribution is -0.133. The summed E-state index contributed by atoms with van der Waals surface area (Å²) in [6, 6.07) is 6.07. The molecule has 0 unspecified atom stereocenters. The molecule has 0 radical (unpaired) electrons. The molecule has 2 atom stereocenters. The largest absolute Gasteiger partial charge is 0.365 e. The van der Waals surface area contributed by atoms with Gasteiger partial charge in [0, 0.05) is 38.4 Å². The van der Waals surface area contributed by atoms with Crippen LogP contribution in [0.4, 0.5) is 5.82 Å². The van der Waals surface area contributed by atoms with Gasteiger partial charge in [-0.3, -0.25) is 9.69 Å². The Bertz CT molecular complexity index is 690. The highest BCUT2D eigenvalue weighted by atomic mass is 16.2. The molecule has 26 heavy (non-hydrogen) atoms. The maximum absolute atomic E-state index is 12.6. The number of nitrogens with one attached hydrogen (secondary N) is 1. The smallest absolute Gasteiger partial charge is 0.236 e. The second kappa shape index (κ2) is 7.63. The molecule has 6 nitrogen and oxygen atoms in total. The molecule has 1 aliphatic carbocycles. The molecule has 6 heteroatoms. The van der Waals surface area contributed by atoms with Crippen LogP contribution >= 0.6 is 0 Å². The van der Waals surface area contributed by atoms with E-state index in [1.54, 1.807) is 18.3 Å². The second-order valence-corrected chi connectivity index (χ2v) is 7.90. The summed E-state index contributed by atoms with van der Waals surface area (Å²) in [4.78, 5) is 21.3. The molecule has 1 aromatic rings. The predicted molar refractivity (Wildman–Crippen MR) is 99.4 cm³/mol. The van der Waals surface area contributed by atoms with E-state index in [1.807, 2.05) is 4.90 Å². The molecule has 1 N–H and O–H groups in total. The fourth-order valence-corrected chi connectivity index (χ4v) is 4.42. The van der Waals surface area contributed by atoms with Crippen LogP contribution in [0.15, 0.2) is 18.3 Å². The van der Waals surface area contributed by atoms with Gasteiger partial charge in [-0.25, -0.2) is 4.98 Å². The van der Waals surface area contributed by atoms with E-state index < -0.39 is 0 Å². The van der Waals surface area contributed by atoms with Gasteiger partial charge in [0.2, 0.25) is 5.91 Å². The SMILES string of the molecule is N#Cc1cccnc1N[C@H]1CN(CC(=O)N2CCCCC2)C[C@@H]1C1CC1. The van der Waals surface area contributed by atoms with Gasteiger partial charge in [0.15, 0.2) is 0 Å². The van der Waals surface area contributed by atoms with Crippen molar-refractivity contribution in [3.63, 3.8) is 0 Å². The monoisotopic (exact) mass is 353 g/mol. The first-order valence-corrected chi connectivity index (χ1v) is 9.86. The van der Waals surface area contributed by atoms with E-state index in [4.69, 9.17) is 0 Å². The summed E-state index contributed by atoms with van der Waals surface area (Å²) in [5, 5.41) is 12.8. The normalized spacial score (nSPS) is 26.5. The molecule has 138 valence electrons. The third kappa shape index (κ3) is 3.83. The zero-order valence-electron chi connectivity index (χ0n) is 15.2. The minimum absolute atomic E-state index is 0.263. The van der Waals surface area contributed by atoms with Crippen molar-refractivity contribution in [2.24, 2.45) is 11.8 Å². The number of hydrogen-bond acceptors (Lipinski definition) is 5. The number of hydrogen-bond donors (Lipinski definition) is 1. The topological polar surface area (TPSA) is 72.3 Å². The van der Waals surface area contributed by atoms with Crippen LogP contribution in [0.5, 0.6) is 0 Å². The van der Waals surface area contributed by atoms with Gasteiger partial charge in [0.05, 0.1) is 12.1 Å². The molecule has 2 aliphatic heterocycles. The van der Waals surface area contributed by atoms with Gasteiger partial charge in [0.25, 0.3) is 0 Å². The molecule has 0 aromatic carbocycles. The third-order valence-electron chi connectivity index (χ3n) is 5.99. The number of likely N-dealkylation sites (tertiary alicyclic amines) is 2. The van der Waals surface area contributed by atoms with Crippen LogP contribution < -0.4 is 5.32 Å². The fraction of sp³-hybridized carbons (Fsp3) is 0.650. The van der Waals surface area contributed by atoms with Crippen molar-refractivity contribution in [3.8, 4) is 6.07 Å². The summed E-state index contributed by atoms with van der Waals surface area (Å²) >= 11 is 0. The molecule has 1 amide bonds. The minimum Gasteiger partial charge on any atom is -0.365 e. The first-order chi connectivity index (χ1) is 12.7. The fourth-order valence-electron chi connectivity index (χ4n) is 4.42. The van der Waals surface area contributed by atoms with Crippen LogP contribution in [0.3, 0.4) is 0 Å². The number of rotatable bonds is 5. The minimum atomic E-state index is 0.263. The van der Waals surface area contributed by atoms with Crippen LogP contribution in [-0.4, -0.2) is 59.5 Å². The summed E-state index contributed by atoms with van der Waals surface area (Å²) in [7, 11) is 0. The first-order valence-electron chi connectivity index (χ1n) is 9.86. The van der Waals surface area contributed by atoms with Gasteiger partial charge in [-0.1, -0.05) is 0 Å². The van der Waals surface area contributed by atoms with Crippen molar-refractivity contribution in [3.05, 3.63) is 23.9 Å². The number of nitriles is 1. The zero-order valence-corrected chi connectivity index (χ0v) is 15.2. The standard InChI is InChI=1S/C20H27N5O/c21-11-16-5-4-8-22-20(16)23-18-13-24(12-17(18)15-6-7-15)14-19(26)25-9-2-1-3-10-25/h4-5,8,15,17-18H,1-3,6-7,9-10,12-14H2,(H,22,23)/t17-,18+/m1/s1. The van der Waals surface area contributed by atoms with Crippen LogP contribution in [0.2, 0.25) is 0 Å². The number of amides is 1. The molecule has 4 rings (SSSR count). The van der Waals surface area contributed by atoms with E-state index in [0.29, 0.717) is 23.8 Å². The molecule has 1 saturated carbocycles. The molecule has 1 aromatic heterocycles. The van der Waals surface area contributed by atoms with Crippen molar-refractivity contribution in [1.29, 1.82) is 5.26 Å². The van der Waals surface area contributed by atoms with Crippen LogP contribution in [0.25, 0.3) is 0 Å². The molecular weight excluding hydrogens is 326 g/mol. The Labute approximate surface area is 155 Å². The predicted octanol–water partition coefficient (Wildman–Crippen LogP) is 2.09. The number of nitrogens with zero attached hydrogens (tertiary/aromatic N) is 4. The second-order valence-electron chi connectivity index (χ2n) is 7.90. The summed E-state index contributed by atoms with van der Waals surface area (Å²) in [6.07, 6.45) is 7.80. The van der Waals surface area contributed by atoms with Crippen LogP contribution in [0.1, 0.15) is 37.7 Å². The Hall–Kier alpha value is -2.13. The Morgan fingerprint density at radius 3 is 2.81 bits per heavy atom. The van der Waals surface area contributed by atoms with Crippen molar-refractivity contribution < 1.29 is 4.79 Å². The van der Waals surface area contributed by atoms with Gasteiger partial charge < -0.3 is 10.2 Å². The van der Waals surface area contributed by atoms with E-state index in [9.17, 15) is 10.1 Å². The third-order valence-corrected chi connectivity index (χ3v) is 5.99. The Morgan fingerprint density at radius 1 is 1.27 bits per heavy atom. The Morgan fingerprint density at radius 2 is 2.08 bits per heavy atom. The highest BCUT2D eigenvalue weighted by Gasteiger charge is 2.43. The van der Waals surface area contributed by atoms with Crippen molar-refractivity contribution in [2.75, 3.05) is 38.0 Å². The average molecular weight is 353 g/mol. The molecule has 3 aliphatic rings. The van der Waals surface area contributed by atoms with Gasteiger partial charge in [-0.15, -0.1) is 0 Å². The number of carbonyl (C=O) groups excluding carboxylic acids is 1. The van der Waals surface area contributed by atoms with Crippen molar-refractivity contribution in [2.45, 2.75) is 38.1 Å². The van der Waals surface area contributed by atoms with Gasteiger partial charge >= 0.3 is 0 Å². The van der Waals surface area contributed by atoms with E-state index in [1.165, 1.54) is 19.3 Å². The highest BCUT2D eigenvalue weighted by molar-refractivity contribution is 5.78. The van der Waals surface area contributed by atoms with E-state index in [-0.39, 0.29) is 11.9 Å². The lowest BCUT2D eigenvalue weighted by Crippen LogP contribution is -2.42. The molecule has 2 saturated heterocycles. The molecule has 3 heterocycles. The average Bonchev–Trinajstić information content (AvgIpc) is 3.45. The summed E-state index contributed by atoms with van der Waals surface area (Å²) in [6.45, 7) is 4.17. The van der Waals surface area contributed by atoms with E-state index >= 15 is 0 Å². The van der Waals surface area contributed by atoms with Crippen LogP contribution in [0, 0.1) is 23.2 Å². The maximum Gasteiger partial charge on any atom is 0.236 e. The van der Waals surface area contributed by atoms with Gasteiger partial charge in [-0.05, 0) is 56.1 Å². The Kier molecular flexibility index (Phi) is 5.07. The maximum atomic E-state index is 12.6. The summed E-state index contributed by atoms with van der Waals surface area (Å²) in [5.74, 6) is 2.24. The van der Waals surface area contributed by atoms with Crippen LogP contribution in [-0.2, 0) is 4.79 Å². The summed E-state index contributed by atoms with van der Waals surface area (Å²) < 4.78 is 0. The lowest BCUT2D eigenvalue weighted by Gasteiger charge is -2.28. The molecule has 0 spiro atoms. The van der Waals surface area contributed by atoms with E-state index in [0.717, 1.165) is 44.9 Å². The number of pyridine rings is 1. The summed E-state index contributed by atoms with van der Waals surface area (Å²) in [5.41, 5.74) is 0.588. The highest BCUT2D eigenvalue weighted by Crippen LogP contribution is 2.42. The van der Waals surface area contributed by atoms with Crippen molar-refractivity contribution in [1.82, 2.24) is 14.8 Å². The first kappa shape index (κ1) is 17.3. The molecular formula is C20H27N5O. The number of piperidine rings is 1. The van der Waals surface area contributed by atoms with Crippen molar-refractivity contribution >= 4 is 11.7 Å². The lowest BCUT2D eigenvalue weighted by atomic mass is 9.98. The Balaban J connectivity index is 1.40. The van der Waals surface area contributed by atoms with E-state index in [2.05, 4.69) is 21.3 Å². The molecule has 3 fully saturated rings. The van der Waals surface area contributed by atoms with Gasteiger partial charge in [0.1, 0.15) is 11.9 Å². The number of carbonyl (C=O) groups is 1. The number of aromatic nitrogens is 1. The zero-order chi connectivity index (χ0) is 17.9. The van der Waals surface area contributed by atoms with Gasteiger partial charge in [-0.2, -0.15) is 5.26 Å².